The van der Waals surface area contributed by atoms with E-state index in [-0.39, 0.29) is 22.5 Å². The Morgan fingerprint density at radius 2 is 1.63 bits per heavy atom. The van der Waals surface area contributed by atoms with E-state index in [0.717, 1.165) is 17.0 Å². The number of hydrogen-bond donors (Lipinski definition) is 2. The minimum absolute atomic E-state index is 0.171. The van der Waals surface area contributed by atoms with Crippen LogP contribution in [-0.2, 0) is 0 Å². The molecule has 2 aromatic carbocycles. The van der Waals surface area contributed by atoms with Gasteiger partial charge in [0, 0.05) is 22.5 Å². The molecule has 0 aliphatic carbocycles. The molecule has 30 heavy (non-hydrogen) atoms. The highest BCUT2D eigenvalue weighted by molar-refractivity contribution is 6.05. The number of para-hydroxylation sites is 1. The van der Waals surface area contributed by atoms with Gasteiger partial charge in [0.1, 0.15) is 5.76 Å². The van der Waals surface area contributed by atoms with Crippen molar-refractivity contribution in [2.75, 3.05) is 5.43 Å². The van der Waals surface area contributed by atoms with Gasteiger partial charge in [-0.2, -0.15) is 0 Å². The molecule has 0 saturated heterocycles. The van der Waals surface area contributed by atoms with E-state index in [1.54, 1.807) is 25.1 Å². The number of nitrogens with one attached hydrogen (secondary N) is 2. The number of hydrazine groups is 1. The number of carbonyl (C=O) groups excluding carboxylic acids is 1. The molecule has 4 aromatic rings. The lowest BCUT2D eigenvalue weighted by atomic mass is 10.0. The van der Waals surface area contributed by atoms with E-state index in [9.17, 15) is 9.59 Å². The number of carbonyl (C=O) groups is 1. The topological polar surface area (TPSA) is 97.1 Å². The molecule has 1 amide bonds. The Bertz CT molecular complexity index is 1290. The molecule has 0 bridgehead atoms. The maximum absolute atomic E-state index is 12.9. The molecular formula is C23H20N4O3. The molecular weight excluding hydrogens is 380 g/mol. The summed E-state index contributed by atoms with van der Waals surface area (Å²) >= 11 is 0. The zero-order valence-corrected chi connectivity index (χ0v) is 16.8. The highest BCUT2D eigenvalue weighted by atomic mass is 16.3. The van der Waals surface area contributed by atoms with Gasteiger partial charge in [0.05, 0.1) is 10.9 Å². The van der Waals surface area contributed by atoms with Crippen molar-refractivity contribution < 1.29 is 9.21 Å². The molecule has 7 heteroatoms. The maximum atomic E-state index is 12.9. The number of hydrogen-bond acceptors (Lipinski definition) is 6. The maximum Gasteiger partial charge on any atom is 0.273 e. The number of benzene rings is 2. The Kier molecular flexibility index (Phi) is 5.02. The largest absolute Gasteiger partial charge is 0.455 e. The third-order valence-electron chi connectivity index (χ3n) is 4.70. The molecule has 4 rings (SSSR count). The molecule has 0 saturated carbocycles. The van der Waals surface area contributed by atoms with Gasteiger partial charge in [0.2, 0.25) is 5.95 Å². The van der Waals surface area contributed by atoms with Crippen molar-refractivity contribution in [3.05, 3.63) is 87.3 Å². The van der Waals surface area contributed by atoms with Gasteiger partial charge in [-0.25, -0.2) is 9.97 Å². The second-order valence-corrected chi connectivity index (χ2v) is 6.99. The normalized spacial score (nSPS) is 10.8. The summed E-state index contributed by atoms with van der Waals surface area (Å²) in [5, 5.41) is 0.350. The molecule has 2 heterocycles. The summed E-state index contributed by atoms with van der Waals surface area (Å²) in [6, 6.07) is 16.1. The van der Waals surface area contributed by atoms with E-state index in [1.807, 2.05) is 50.2 Å². The fraction of sp³-hybridized carbons (Fsp3) is 0.130. The lowest BCUT2D eigenvalue weighted by Crippen LogP contribution is -2.30. The van der Waals surface area contributed by atoms with E-state index in [0.29, 0.717) is 16.7 Å². The Morgan fingerprint density at radius 1 is 0.933 bits per heavy atom. The lowest BCUT2D eigenvalue weighted by Gasteiger charge is -2.11. The summed E-state index contributed by atoms with van der Waals surface area (Å²) in [5.74, 6) is 0.261. The number of aromatic nitrogens is 2. The van der Waals surface area contributed by atoms with Crippen LogP contribution in [0.15, 0.2) is 63.8 Å². The summed E-state index contributed by atoms with van der Waals surface area (Å²) in [6.07, 6.45) is 0. The predicted octanol–water partition coefficient (Wildman–Crippen LogP) is 3.93. The Hall–Kier alpha value is -4.00. The van der Waals surface area contributed by atoms with Crippen molar-refractivity contribution in [1.29, 1.82) is 0 Å². The average Bonchev–Trinajstić information content (AvgIpc) is 2.74. The highest BCUT2D eigenvalue weighted by Crippen LogP contribution is 2.27. The Labute approximate surface area is 172 Å². The molecule has 0 spiro atoms. The van der Waals surface area contributed by atoms with Crippen molar-refractivity contribution in [2.45, 2.75) is 20.8 Å². The van der Waals surface area contributed by atoms with E-state index < -0.39 is 5.91 Å². The van der Waals surface area contributed by atoms with Gasteiger partial charge in [-0.15, -0.1) is 0 Å². The van der Waals surface area contributed by atoms with Crippen LogP contribution >= 0.6 is 0 Å². The third-order valence-corrected chi connectivity index (χ3v) is 4.70. The van der Waals surface area contributed by atoms with Crippen LogP contribution in [0, 0.1) is 20.8 Å². The van der Waals surface area contributed by atoms with E-state index in [4.69, 9.17) is 4.42 Å². The molecule has 0 aliphatic rings. The standard InChI is InChI=1S/C23H20N4O3/c1-13-12-14(2)25-23(24-13)27-26-22(29)18-11-7-10-17-19(28)15(3)20(30-21(17)18)16-8-5-4-6-9-16/h4-12H,1-3H3,(H,26,29)(H,24,25,27). The van der Waals surface area contributed by atoms with Crippen LogP contribution in [0.3, 0.4) is 0 Å². The van der Waals surface area contributed by atoms with Crippen LogP contribution in [0.1, 0.15) is 27.3 Å². The number of amides is 1. The van der Waals surface area contributed by atoms with Crippen molar-refractivity contribution >= 4 is 22.8 Å². The van der Waals surface area contributed by atoms with Gasteiger partial charge >= 0.3 is 0 Å². The molecule has 0 atom stereocenters. The third kappa shape index (κ3) is 3.65. The fourth-order valence-corrected chi connectivity index (χ4v) is 3.32. The minimum atomic E-state index is -0.464. The van der Waals surface area contributed by atoms with Gasteiger partial charge < -0.3 is 4.42 Å². The summed E-state index contributed by atoms with van der Waals surface area (Å²) in [6.45, 7) is 5.41. The fourth-order valence-electron chi connectivity index (χ4n) is 3.32. The molecule has 2 aromatic heterocycles. The smallest absolute Gasteiger partial charge is 0.273 e. The zero-order chi connectivity index (χ0) is 21.3. The van der Waals surface area contributed by atoms with E-state index >= 15 is 0 Å². The summed E-state index contributed by atoms with van der Waals surface area (Å²) < 4.78 is 6.08. The van der Waals surface area contributed by atoms with Gasteiger partial charge in [-0.1, -0.05) is 36.4 Å². The second kappa shape index (κ2) is 7.79. The Morgan fingerprint density at radius 3 is 2.33 bits per heavy atom. The zero-order valence-electron chi connectivity index (χ0n) is 16.8. The first-order chi connectivity index (χ1) is 14.4. The van der Waals surface area contributed by atoms with Gasteiger partial charge in [-0.3, -0.25) is 20.4 Å². The van der Waals surface area contributed by atoms with Crippen LogP contribution in [0.25, 0.3) is 22.3 Å². The summed E-state index contributed by atoms with van der Waals surface area (Å²) in [4.78, 5) is 34.2. The van der Waals surface area contributed by atoms with Crippen molar-refractivity contribution in [1.82, 2.24) is 15.4 Å². The number of anilines is 1. The molecule has 0 fully saturated rings. The first-order valence-corrected chi connectivity index (χ1v) is 9.44. The van der Waals surface area contributed by atoms with Crippen LogP contribution in [0.5, 0.6) is 0 Å². The summed E-state index contributed by atoms with van der Waals surface area (Å²) in [5.41, 5.74) is 8.41. The number of aryl methyl sites for hydroxylation is 2. The van der Waals surface area contributed by atoms with Crippen LogP contribution in [-0.4, -0.2) is 15.9 Å². The van der Waals surface area contributed by atoms with Crippen molar-refractivity contribution in [3.8, 4) is 11.3 Å². The first kappa shape index (κ1) is 19.3. The van der Waals surface area contributed by atoms with Gasteiger partial charge in [0.15, 0.2) is 11.0 Å². The first-order valence-electron chi connectivity index (χ1n) is 9.44. The quantitative estimate of drug-likeness (QED) is 0.504. The minimum Gasteiger partial charge on any atom is -0.455 e. The van der Waals surface area contributed by atoms with E-state index in [2.05, 4.69) is 20.8 Å². The van der Waals surface area contributed by atoms with Crippen LogP contribution in [0.2, 0.25) is 0 Å². The molecule has 2 N–H and O–H groups in total. The Balaban J connectivity index is 1.74. The highest BCUT2D eigenvalue weighted by Gasteiger charge is 2.18. The van der Waals surface area contributed by atoms with E-state index in [1.165, 1.54) is 0 Å². The predicted molar refractivity (Wildman–Crippen MR) is 115 cm³/mol. The van der Waals surface area contributed by atoms with Gasteiger partial charge in [0.25, 0.3) is 5.91 Å². The van der Waals surface area contributed by atoms with Crippen LogP contribution < -0.4 is 16.3 Å². The molecule has 7 nitrogen and oxygen atoms in total. The number of nitrogens with zero attached hydrogens (tertiary/aromatic N) is 2. The average molecular weight is 400 g/mol. The lowest BCUT2D eigenvalue weighted by molar-refractivity contribution is 0.0963. The summed E-state index contributed by atoms with van der Waals surface area (Å²) in [7, 11) is 0. The molecule has 0 unspecified atom stereocenters. The molecule has 150 valence electrons. The van der Waals surface area contributed by atoms with Gasteiger partial charge in [-0.05, 0) is 39.0 Å². The monoisotopic (exact) mass is 400 g/mol. The van der Waals surface area contributed by atoms with Crippen molar-refractivity contribution in [3.63, 3.8) is 0 Å². The van der Waals surface area contributed by atoms with Crippen LogP contribution in [0.4, 0.5) is 5.95 Å². The number of fused-ring (bicyclic) bond motifs is 1. The second-order valence-electron chi connectivity index (χ2n) is 6.99. The van der Waals surface area contributed by atoms with Crippen molar-refractivity contribution in [2.24, 2.45) is 0 Å². The molecule has 0 radical (unpaired) electrons. The molecule has 0 aliphatic heterocycles. The number of rotatable bonds is 4. The SMILES string of the molecule is Cc1cc(C)nc(NNC(=O)c2cccc3c(=O)c(C)c(-c4ccccc4)oc23)n1.